The zero-order valence-electron chi connectivity index (χ0n) is 13.9. The highest BCUT2D eigenvalue weighted by Gasteiger charge is 2.79. The molecule has 124 valence electrons. The summed E-state index contributed by atoms with van der Waals surface area (Å²) in [5, 5.41) is 3.18. The van der Waals surface area contributed by atoms with Crippen LogP contribution in [0.4, 0.5) is 5.69 Å². The lowest BCUT2D eigenvalue weighted by molar-refractivity contribution is -0.153. The molecule has 4 fully saturated rings. The SMILES string of the molecule is C=C[C@@]12CN(C)[C@H]3[C@H]4CO[C@@H](C[C@H]41)[C@]1(C(=O)Nc4ccccc41)[C@H]32. The third kappa shape index (κ3) is 1.12. The lowest BCUT2D eigenvalue weighted by Crippen LogP contribution is -2.62. The third-order valence-corrected chi connectivity index (χ3v) is 7.93. The van der Waals surface area contributed by atoms with Crippen LogP contribution < -0.4 is 5.32 Å². The van der Waals surface area contributed by atoms with Crippen molar-refractivity contribution in [1.82, 2.24) is 4.90 Å². The summed E-state index contributed by atoms with van der Waals surface area (Å²) in [5.41, 5.74) is 1.61. The van der Waals surface area contributed by atoms with E-state index < -0.39 is 5.41 Å². The van der Waals surface area contributed by atoms with Gasteiger partial charge in [-0.3, -0.25) is 4.79 Å². The molecule has 6 rings (SSSR count). The van der Waals surface area contributed by atoms with Crippen molar-refractivity contribution >= 4 is 11.6 Å². The minimum Gasteiger partial charge on any atom is -0.376 e. The molecule has 0 aromatic heterocycles. The molecule has 5 aliphatic rings. The highest BCUT2D eigenvalue weighted by atomic mass is 16.5. The normalized spacial score (nSPS) is 50.4. The van der Waals surface area contributed by atoms with Crippen molar-refractivity contribution in [3.05, 3.63) is 42.5 Å². The Morgan fingerprint density at radius 1 is 1.42 bits per heavy atom. The molecule has 24 heavy (non-hydrogen) atoms. The number of carbonyl (C=O) groups excluding carboxylic acids is 1. The monoisotopic (exact) mass is 322 g/mol. The first-order chi connectivity index (χ1) is 11.6. The van der Waals surface area contributed by atoms with Gasteiger partial charge in [0.2, 0.25) is 5.91 Å². The van der Waals surface area contributed by atoms with E-state index >= 15 is 0 Å². The topological polar surface area (TPSA) is 41.6 Å². The largest absolute Gasteiger partial charge is 0.376 e. The van der Waals surface area contributed by atoms with E-state index in [0.29, 0.717) is 17.9 Å². The van der Waals surface area contributed by atoms with E-state index in [-0.39, 0.29) is 23.3 Å². The molecule has 2 aliphatic carbocycles. The minimum absolute atomic E-state index is 0.00280. The van der Waals surface area contributed by atoms with E-state index in [0.717, 1.165) is 30.8 Å². The van der Waals surface area contributed by atoms with E-state index in [1.807, 2.05) is 12.1 Å². The number of piperidine rings is 1. The lowest BCUT2D eigenvalue weighted by atomic mass is 9.51. The van der Waals surface area contributed by atoms with E-state index in [9.17, 15) is 4.79 Å². The first-order valence-corrected chi connectivity index (χ1v) is 9.01. The predicted molar refractivity (Wildman–Crippen MR) is 90.6 cm³/mol. The zero-order chi connectivity index (χ0) is 16.3. The summed E-state index contributed by atoms with van der Waals surface area (Å²) in [5.74, 6) is 1.56. The maximum atomic E-state index is 13.4. The summed E-state index contributed by atoms with van der Waals surface area (Å²) in [6, 6.07) is 8.64. The van der Waals surface area contributed by atoms with Gasteiger partial charge in [0.05, 0.1) is 12.7 Å². The fraction of sp³-hybridized carbons (Fsp3) is 0.550. The fourth-order valence-electron chi connectivity index (χ4n) is 7.38. The molecule has 3 aliphatic heterocycles. The van der Waals surface area contributed by atoms with Crippen LogP contribution in [0, 0.1) is 23.2 Å². The van der Waals surface area contributed by atoms with Gasteiger partial charge in [0.25, 0.3) is 0 Å². The molecule has 1 amide bonds. The second-order valence-electron chi connectivity index (χ2n) is 8.40. The zero-order valence-corrected chi connectivity index (χ0v) is 13.9. The van der Waals surface area contributed by atoms with Gasteiger partial charge in [-0.15, -0.1) is 6.58 Å². The van der Waals surface area contributed by atoms with Crippen molar-refractivity contribution in [3.63, 3.8) is 0 Å². The van der Waals surface area contributed by atoms with Crippen LogP contribution in [-0.4, -0.2) is 43.2 Å². The van der Waals surface area contributed by atoms with Crippen molar-refractivity contribution in [2.24, 2.45) is 23.2 Å². The van der Waals surface area contributed by atoms with Crippen molar-refractivity contribution < 1.29 is 9.53 Å². The summed E-state index contributed by atoms with van der Waals surface area (Å²) < 4.78 is 6.34. The molecule has 2 saturated heterocycles. The van der Waals surface area contributed by atoms with Crippen LogP contribution in [0.3, 0.4) is 0 Å². The molecule has 1 N–H and O–H groups in total. The smallest absolute Gasteiger partial charge is 0.238 e. The number of amides is 1. The number of benzene rings is 1. The Bertz CT molecular complexity index is 792. The van der Waals surface area contributed by atoms with Gasteiger partial charge in [-0.2, -0.15) is 0 Å². The van der Waals surface area contributed by atoms with Crippen LogP contribution in [-0.2, 0) is 14.9 Å². The van der Waals surface area contributed by atoms with Crippen molar-refractivity contribution in [1.29, 1.82) is 0 Å². The third-order valence-electron chi connectivity index (χ3n) is 7.93. The van der Waals surface area contributed by atoms with E-state index in [1.54, 1.807) is 0 Å². The molecule has 0 radical (unpaired) electrons. The molecular formula is C20H22N2O2. The quantitative estimate of drug-likeness (QED) is 0.805. The lowest BCUT2D eigenvalue weighted by Gasteiger charge is -2.54. The molecule has 1 aromatic rings. The highest BCUT2D eigenvalue weighted by molar-refractivity contribution is 6.07. The number of fused-ring (bicyclic) bond motifs is 5. The number of ether oxygens (including phenoxy) is 1. The molecule has 4 heteroatoms. The van der Waals surface area contributed by atoms with Gasteiger partial charge in [0.15, 0.2) is 0 Å². The number of anilines is 1. The van der Waals surface area contributed by atoms with Crippen molar-refractivity contribution in [2.75, 3.05) is 25.5 Å². The fourth-order valence-corrected chi connectivity index (χ4v) is 7.38. The van der Waals surface area contributed by atoms with Crippen LogP contribution >= 0.6 is 0 Å². The maximum Gasteiger partial charge on any atom is 0.238 e. The van der Waals surface area contributed by atoms with Gasteiger partial charge in [-0.05, 0) is 31.0 Å². The van der Waals surface area contributed by atoms with Gasteiger partial charge in [0.1, 0.15) is 5.41 Å². The van der Waals surface area contributed by atoms with E-state index in [4.69, 9.17) is 4.74 Å². The molecular weight excluding hydrogens is 300 g/mol. The predicted octanol–water partition coefficient (Wildman–Crippen LogP) is 2.03. The Morgan fingerprint density at radius 3 is 3.08 bits per heavy atom. The second kappa shape index (κ2) is 3.94. The minimum atomic E-state index is -0.554. The van der Waals surface area contributed by atoms with E-state index in [1.165, 1.54) is 0 Å². The van der Waals surface area contributed by atoms with E-state index in [2.05, 4.69) is 42.1 Å². The first kappa shape index (κ1) is 13.6. The van der Waals surface area contributed by atoms with Crippen molar-refractivity contribution in [2.45, 2.75) is 24.0 Å². The molecule has 7 atom stereocenters. The van der Waals surface area contributed by atoms with Crippen LogP contribution in [0.1, 0.15) is 12.0 Å². The Morgan fingerprint density at radius 2 is 2.25 bits per heavy atom. The molecule has 5 bridgehead atoms. The molecule has 0 unspecified atom stereocenters. The maximum absolute atomic E-state index is 13.4. The first-order valence-electron chi connectivity index (χ1n) is 9.01. The molecule has 4 nitrogen and oxygen atoms in total. The molecule has 1 aromatic carbocycles. The highest BCUT2D eigenvalue weighted by Crippen LogP contribution is 2.73. The number of rotatable bonds is 1. The number of para-hydroxylation sites is 1. The molecule has 3 heterocycles. The number of nitrogens with one attached hydrogen (secondary N) is 1. The summed E-state index contributed by atoms with van der Waals surface area (Å²) >= 11 is 0. The number of hydrogen-bond donors (Lipinski definition) is 1. The van der Waals surface area contributed by atoms with Gasteiger partial charge >= 0.3 is 0 Å². The number of hydrogen-bond acceptors (Lipinski definition) is 3. The average Bonchev–Trinajstić information content (AvgIpc) is 3.08. The summed E-state index contributed by atoms with van der Waals surface area (Å²) in [7, 11) is 2.21. The van der Waals surface area contributed by atoms with Crippen molar-refractivity contribution in [3.8, 4) is 0 Å². The Hall–Kier alpha value is -1.65. The number of nitrogens with zero attached hydrogens (tertiary/aromatic N) is 1. The van der Waals surface area contributed by atoms with Gasteiger partial charge in [0, 0.05) is 35.5 Å². The summed E-state index contributed by atoms with van der Waals surface area (Å²) in [6.45, 7) is 6.06. The van der Waals surface area contributed by atoms with Gasteiger partial charge in [-0.25, -0.2) is 0 Å². The average molecular weight is 322 g/mol. The Balaban J connectivity index is 1.69. The van der Waals surface area contributed by atoms with Crippen LogP contribution in [0.15, 0.2) is 36.9 Å². The van der Waals surface area contributed by atoms with Gasteiger partial charge < -0.3 is 15.0 Å². The number of carbonyl (C=O) groups is 1. The van der Waals surface area contributed by atoms with Gasteiger partial charge in [-0.1, -0.05) is 24.3 Å². The Labute approximate surface area is 141 Å². The van der Waals surface area contributed by atoms with Crippen LogP contribution in [0.2, 0.25) is 0 Å². The summed E-state index contributed by atoms with van der Waals surface area (Å²) in [6.07, 6.45) is 3.17. The van der Waals surface area contributed by atoms with Crippen LogP contribution in [0.5, 0.6) is 0 Å². The molecule has 1 spiro atoms. The standard InChI is InChI=1S/C20H22N2O2/c1-3-19-10-22(2)16-11-9-24-15(8-13(11)19)20(17(16)19)12-6-4-5-7-14(12)21-18(20)23/h3-7,11,13,15-17H,1,8-10H2,2H3,(H,21,23)/t11-,13+,15-,16-,17+,19+,20-/m0/s1. The Kier molecular flexibility index (Phi) is 2.24. The summed E-state index contributed by atoms with van der Waals surface area (Å²) in [4.78, 5) is 15.9. The molecule has 2 saturated carbocycles. The van der Waals surface area contributed by atoms with Crippen LogP contribution in [0.25, 0.3) is 0 Å². The second-order valence-corrected chi connectivity index (χ2v) is 8.40. The number of likely N-dealkylation sites (tertiary alicyclic amines) is 1.